The fourth-order valence-electron chi connectivity index (χ4n) is 4.15. The van der Waals surface area contributed by atoms with Crippen molar-refractivity contribution in [1.29, 1.82) is 0 Å². The normalized spacial score (nSPS) is 19.2. The maximum absolute atomic E-state index is 5.82. The van der Waals surface area contributed by atoms with Gasteiger partial charge in [-0.1, -0.05) is 11.6 Å². The molecule has 4 nitrogen and oxygen atoms in total. The quantitative estimate of drug-likeness (QED) is 0.661. The summed E-state index contributed by atoms with van der Waals surface area (Å²) in [6.45, 7) is 3.81. The van der Waals surface area contributed by atoms with Gasteiger partial charge in [-0.2, -0.15) is 0 Å². The molecule has 2 aromatic heterocycles. The maximum Gasteiger partial charge on any atom is 0.213 e. The molecule has 5 rings (SSSR count). The van der Waals surface area contributed by atoms with Crippen LogP contribution in [0, 0.1) is 12.8 Å². The summed E-state index contributed by atoms with van der Waals surface area (Å²) < 4.78 is 5.82. The molecule has 2 N–H and O–H groups in total. The Hall–Kier alpha value is -2.33. The van der Waals surface area contributed by atoms with Crippen LogP contribution in [0.1, 0.15) is 54.1 Å². The lowest BCUT2D eigenvalue weighted by atomic mass is 9.91. The number of nitrogens with one attached hydrogen (secondary N) is 2. The molecule has 0 spiro atoms. The Morgan fingerprint density at radius 3 is 3.00 bits per heavy atom. The summed E-state index contributed by atoms with van der Waals surface area (Å²) in [6.07, 6.45) is 8.04. The summed E-state index contributed by atoms with van der Waals surface area (Å²) in [6, 6.07) is 11.3. The minimum Gasteiger partial charge on any atom is -0.477 e. The van der Waals surface area contributed by atoms with Crippen LogP contribution in [0.5, 0.6) is 5.88 Å². The van der Waals surface area contributed by atoms with Crippen LogP contribution in [-0.2, 0) is 13.0 Å². The van der Waals surface area contributed by atoms with E-state index in [2.05, 4.69) is 52.5 Å². The highest BCUT2D eigenvalue weighted by atomic mass is 16.5. The molecule has 1 atom stereocenters. The molecule has 27 heavy (non-hydrogen) atoms. The van der Waals surface area contributed by atoms with E-state index in [-0.39, 0.29) is 0 Å². The van der Waals surface area contributed by atoms with Gasteiger partial charge in [0.15, 0.2) is 0 Å². The molecule has 0 radical (unpaired) electrons. The number of nitrogens with zero attached hydrogens (tertiary/aromatic N) is 1. The van der Waals surface area contributed by atoms with Crippen LogP contribution in [0.25, 0.3) is 10.9 Å². The van der Waals surface area contributed by atoms with E-state index in [9.17, 15) is 0 Å². The van der Waals surface area contributed by atoms with E-state index < -0.39 is 0 Å². The minimum absolute atomic E-state index is 0.380. The van der Waals surface area contributed by atoms with Crippen LogP contribution in [0.4, 0.5) is 0 Å². The number of aromatic amines is 1. The number of fused-ring (bicyclic) bond motifs is 3. The van der Waals surface area contributed by atoms with Gasteiger partial charge in [-0.3, -0.25) is 0 Å². The second-order valence-electron chi connectivity index (χ2n) is 8.15. The van der Waals surface area contributed by atoms with E-state index in [4.69, 9.17) is 4.74 Å². The van der Waals surface area contributed by atoms with Gasteiger partial charge in [0, 0.05) is 41.4 Å². The minimum atomic E-state index is 0.380. The first kappa shape index (κ1) is 16.8. The molecule has 1 aromatic carbocycles. The Morgan fingerprint density at radius 2 is 2.11 bits per heavy atom. The van der Waals surface area contributed by atoms with Crippen molar-refractivity contribution in [3.8, 4) is 5.88 Å². The number of hydrogen-bond acceptors (Lipinski definition) is 3. The number of hydrogen-bond donors (Lipinski definition) is 2. The number of H-pyrrole nitrogens is 1. The van der Waals surface area contributed by atoms with Crippen LogP contribution in [0.2, 0.25) is 0 Å². The van der Waals surface area contributed by atoms with Crippen molar-refractivity contribution in [3.63, 3.8) is 0 Å². The van der Waals surface area contributed by atoms with Crippen molar-refractivity contribution in [2.45, 2.75) is 51.6 Å². The Morgan fingerprint density at radius 1 is 1.19 bits per heavy atom. The molecule has 0 saturated heterocycles. The monoisotopic (exact) mass is 361 g/mol. The lowest BCUT2D eigenvalue weighted by molar-refractivity contribution is 0.288. The summed E-state index contributed by atoms with van der Waals surface area (Å²) in [7, 11) is 0. The Bertz CT molecular complexity index is 957. The molecule has 1 fully saturated rings. The van der Waals surface area contributed by atoms with E-state index in [0.717, 1.165) is 24.9 Å². The largest absolute Gasteiger partial charge is 0.477 e. The standard InChI is InChI=1S/C23H27N3O/c1-15-5-8-20-19(11-15)18-3-2-4-21(23(18)26-20)25-13-17-9-10-24-22(12-17)27-14-16-6-7-16/h5,8-12,16,21,25-26H,2-4,6-7,13-14H2,1H3/t21-/m1/s1. The number of ether oxygens (including phenoxy) is 1. The Kier molecular flexibility index (Phi) is 4.36. The summed E-state index contributed by atoms with van der Waals surface area (Å²) in [5.41, 5.74) is 6.70. The second-order valence-corrected chi connectivity index (χ2v) is 8.15. The van der Waals surface area contributed by atoms with Crippen molar-refractivity contribution >= 4 is 10.9 Å². The first-order valence-corrected chi connectivity index (χ1v) is 10.2. The van der Waals surface area contributed by atoms with E-state index in [0.29, 0.717) is 6.04 Å². The van der Waals surface area contributed by atoms with Gasteiger partial charge in [0.1, 0.15) is 0 Å². The molecule has 2 aliphatic carbocycles. The molecular formula is C23H27N3O. The fraction of sp³-hybridized carbons (Fsp3) is 0.435. The van der Waals surface area contributed by atoms with Crippen LogP contribution in [-0.4, -0.2) is 16.6 Å². The van der Waals surface area contributed by atoms with Gasteiger partial charge in [0.05, 0.1) is 6.61 Å². The highest BCUT2D eigenvalue weighted by molar-refractivity contribution is 5.85. The number of aryl methyl sites for hydroxylation is 2. The predicted molar refractivity (Wildman–Crippen MR) is 108 cm³/mol. The van der Waals surface area contributed by atoms with Crippen LogP contribution in [0.15, 0.2) is 36.5 Å². The molecule has 0 aliphatic heterocycles. The SMILES string of the molecule is Cc1ccc2[nH]c3c(c2c1)CCC[C@H]3NCc1ccnc(OCC2CC2)c1. The molecule has 2 heterocycles. The molecule has 1 saturated carbocycles. The van der Waals surface area contributed by atoms with E-state index in [1.54, 1.807) is 0 Å². The summed E-state index contributed by atoms with van der Waals surface area (Å²) >= 11 is 0. The zero-order valence-electron chi connectivity index (χ0n) is 15.9. The molecule has 2 aliphatic rings. The highest BCUT2D eigenvalue weighted by Gasteiger charge is 2.24. The van der Waals surface area contributed by atoms with Crippen molar-refractivity contribution in [3.05, 3.63) is 58.9 Å². The van der Waals surface area contributed by atoms with Crippen LogP contribution < -0.4 is 10.1 Å². The third kappa shape index (κ3) is 3.59. The lowest BCUT2D eigenvalue weighted by Crippen LogP contribution is -2.24. The average Bonchev–Trinajstić information content (AvgIpc) is 3.45. The Labute approximate surface area is 160 Å². The summed E-state index contributed by atoms with van der Waals surface area (Å²) in [5.74, 6) is 1.51. The van der Waals surface area contributed by atoms with E-state index >= 15 is 0 Å². The van der Waals surface area contributed by atoms with Gasteiger partial charge in [-0.25, -0.2) is 4.98 Å². The van der Waals surface area contributed by atoms with Gasteiger partial charge in [0.2, 0.25) is 5.88 Å². The third-order valence-electron chi connectivity index (χ3n) is 5.88. The second kappa shape index (κ2) is 7.01. The molecule has 4 heteroatoms. The topological polar surface area (TPSA) is 49.9 Å². The zero-order valence-corrected chi connectivity index (χ0v) is 15.9. The predicted octanol–water partition coefficient (Wildman–Crippen LogP) is 4.83. The van der Waals surface area contributed by atoms with Crippen molar-refractivity contribution < 1.29 is 4.74 Å². The molecule has 0 amide bonds. The lowest BCUT2D eigenvalue weighted by Gasteiger charge is -2.24. The third-order valence-corrected chi connectivity index (χ3v) is 5.88. The van der Waals surface area contributed by atoms with Crippen molar-refractivity contribution in [2.75, 3.05) is 6.61 Å². The van der Waals surface area contributed by atoms with Gasteiger partial charge in [0.25, 0.3) is 0 Å². The van der Waals surface area contributed by atoms with Gasteiger partial charge in [-0.15, -0.1) is 0 Å². The molecule has 3 aromatic rings. The number of aromatic nitrogens is 2. The highest BCUT2D eigenvalue weighted by Crippen LogP contribution is 2.35. The number of rotatable bonds is 6. The van der Waals surface area contributed by atoms with Crippen LogP contribution >= 0.6 is 0 Å². The Balaban J connectivity index is 1.31. The van der Waals surface area contributed by atoms with Crippen molar-refractivity contribution in [2.24, 2.45) is 5.92 Å². The summed E-state index contributed by atoms with van der Waals surface area (Å²) in [5, 5.41) is 5.16. The number of pyridine rings is 1. The zero-order chi connectivity index (χ0) is 18.2. The smallest absolute Gasteiger partial charge is 0.213 e. The first-order chi connectivity index (χ1) is 13.3. The van der Waals surface area contributed by atoms with E-state index in [1.165, 1.54) is 65.4 Å². The van der Waals surface area contributed by atoms with Crippen LogP contribution in [0.3, 0.4) is 0 Å². The average molecular weight is 361 g/mol. The van der Waals surface area contributed by atoms with Gasteiger partial charge < -0.3 is 15.0 Å². The molecule has 0 unspecified atom stereocenters. The molecule has 140 valence electrons. The first-order valence-electron chi connectivity index (χ1n) is 10.2. The molecule has 0 bridgehead atoms. The summed E-state index contributed by atoms with van der Waals surface area (Å²) in [4.78, 5) is 8.03. The fourth-order valence-corrected chi connectivity index (χ4v) is 4.15. The van der Waals surface area contributed by atoms with E-state index in [1.807, 2.05) is 6.20 Å². The maximum atomic E-state index is 5.82. The number of benzene rings is 1. The van der Waals surface area contributed by atoms with Crippen molar-refractivity contribution in [1.82, 2.24) is 15.3 Å². The molecular weight excluding hydrogens is 334 g/mol. The van der Waals surface area contributed by atoms with Gasteiger partial charge >= 0.3 is 0 Å². The van der Waals surface area contributed by atoms with Gasteiger partial charge in [-0.05, 0) is 74.3 Å².